The van der Waals surface area contributed by atoms with E-state index in [9.17, 15) is 8.78 Å². The molecular weight excluding hydrogens is 208 g/mol. The molecule has 1 rings (SSSR count). The molecule has 78 valence electrons. The van der Waals surface area contributed by atoms with Gasteiger partial charge in [0.05, 0.1) is 18.2 Å². The van der Waals surface area contributed by atoms with Crippen LogP contribution in [0, 0.1) is 11.6 Å². The molecule has 0 aromatic heterocycles. The summed E-state index contributed by atoms with van der Waals surface area (Å²) in [7, 11) is 1.32. The van der Waals surface area contributed by atoms with Gasteiger partial charge in [-0.1, -0.05) is 0 Å². The Hall–Kier alpha value is -0.970. The Labute approximate surface area is 86.7 Å². The van der Waals surface area contributed by atoms with Crippen molar-refractivity contribution in [1.82, 2.24) is 0 Å². The van der Waals surface area contributed by atoms with Crippen molar-refractivity contribution in [2.45, 2.75) is 12.3 Å². The molecule has 0 aliphatic heterocycles. The first kappa shape index (κ1) is 11.1. The molecule has 1 atom stereocenters. The Morgan fingerprint density at radius 2 is 2.07 bits per heavy atom. The van der Waals surface area contributed by atoms with Gasteiger partial charge in [0, 0.05) is 12.1 Å². The zero-order valence-electron chi connectivity index (χ0n) is 7.84. The van der Waals surface area contributed by atoms with Gasteiger partial charge in [-0.25, -0.2) is 8.78 Å². The van der Waals surface area contributed by atoms with Gasteiger partial charge < -0.3 is 10.1 Å². The number of methoxy groups -OCH3 is 1. The van der Waals surface area contributed by atoms with Crippen LogP contribution >= 0.6 is 12.6 Å². The molecule has 0 spiro atoms. The lowest BCUT2D eigenvalue weighted by Gasteiger charge is -2.13. The number of anilines is 1. The van der Waals surface area contributed by atoms with E-state index in [1.54, 1.807) is 6.92 Å². The van der Waals surface area contributed by atoms with Crippen molar-refractivity contribution in [2.24, 2.45) is 0 Å². The lowest BCUT2D eigenvalue weighted by atomic mass is 10.2. The maximum absolute atomic E-state index is 13.1. The molecule has 5 heteroatoms. The minimum atomic E-state index is -0.732. The summed E-state index contributed by atoms with van der Waals surface area (Å²) < 4.78 is 30.8. The van der Waals surface area contributed by atoms with Crippen LogP contribution in [0.5, 0.6) is 5.75 Å². The van der Waals surface area contributed by atoms with E-state index in [0.29, 0.717) is 0 Å². The number of rotatable bonds is 3. The predicted molar refractivity (Wildman–Crippen MR) is 55.0 cm³/mol. The standard InChI is InChI=1S/C9H11F2NOS/c1-5(14)12-8-4-6(10)3-7(11)9(8)13-2/h3-5,12,14H,1-2H3. The molecule has 2 nitrogen and oxygen atoms in total. The monoisotopic (exact) mass is 219 g/mol. The summed E-state index contributed by atoms with van der Waals surface area (Å²) in [5.74, 6) is -1.39. The van der Waals surface area contributed by atoms with E-state index < -0.39 is 11.6 Å². The topological polar surface area (TPSA) is 21.3 Å². The highest BCUT2D eigenvalue weighted by atomic mass is 32.1. The second-order valence-electron chi connectivity index (χ2n) is 2.79. The SMILES string of the molecule is COc1c(F)cc(F)cc1NC(C)S. The smallest absolute Gasteiger partial charge is 0.177 e. The highest BCUT2D eigenvalue weighted by Gasteiger charge is 2.12. The van der Waals surface area contributed by atoms with Crippen LogP contribution in [0.1, 0.15) is 6.92 Å². The zero-order chi connectivity index (χ0) is 10.7. The van der Waals surface area contributed by atoms with E-state index in [4.69, 9.17) is 4.74 Å². The first-order valence-corrected chi connectivity index (χ1v) is 4.54. The quantitative estimate of drug-likeness (QED) is 0.602. The molecule has 0 radical (unpaired) electrons. The third-order valence-electron chi connectivity index (χ3n) is 1.58. The van der Waals surface area contributed by atoms with Gasteiger partial charge in [0.25, 0.3) is 0 Å². The normalized spacial score (nSPS) is 12.4. The summed E-state index contributed by atoms with van der Waals surface area (Å²) in [5, 5.41) is 2.55. The average Bonchev–Trinajstić information content (AvgIpc) is 2.01. The molecule has 0 heterocycles. The third kappa shape index (κ3) is 2.51. The number of hydrogen-bond donors (Lipinski definition) is 2. The fraction of sp³-hybridized carbons (Fsp3) is 0.333. The van der Waals surface area contributed by atoms with E-state index in [-0.39, 0.29) is 16.8 Å². The van der Waals surface area contributed by atoms with Crippen molar-refractivity contribution in [3.05, 3.63) is 23.8 Å². The summed E-state index contributed by atoms with van der Waals surface area (Å²) in [6.45, 7) is 1.74. The molecule has 0 aliphatic rings. The van der Waals surface area contributed by atoms with Crippen molar-refractivity contribution in [2.75, 3.05) is 12.4 Å². The van der Waals surface area contributed by atoms with Crippen molar-refractivity contribution in [3.8, 4) is 5.75 Å². The molecule has 1 aromatic rings. The Bertz CT molecular complexity index is 331. The molecule has 1 N–H and O–H groups in total. The molecule has 0 saturated heterocycles. The van der Waals surface area contributed by atoms with Crippen LogP contribution in [0.15, 0.2) is 12.1 Å². The van der Waals surface area contributed by atoms with Gasteiger partial charge in [-0.3, -0.25) is 0 Å². The minimum Gasteiger partial charge on any atom is -0.492 e. The van der Waals surface area contributed by atoms with Crippen molar-refractivity contribution in [3.63, 3.8) is 0 Å². The molecule has 0 aliphatic carbocycles. The number of nitrogens with one attached hydrogen (secondary N) is 1. The van der Waals surface area contributed by atoms with Crippen molar-refractivity contribution in [1.29, 1.82) is 0 Å². The summed E-state index contributed by atoms with van der Waals surface area (Å²) in [4.78, 5) is 0. The first-order chi connectivity index (χ1) is 6.54. The van der Waals surface area contributed by atoms with E-state index in [1.807, 2.05) is 0 Å². The predicted octanol–water partition coefficient (Wildman–Crippen LogP) is 2.66. The van der Waals surface area contributed by atoms with Crippen LogP contribution in [0.3, 0.4) is 0 Å². The lowest BCUT2D eigenvalue weighted by Crippen LogP contribution is -2.09. The van der Waals surface area contributed by atoms with Gasteiger partial charge in [-0.05, 0) is 6.92 Å². The zero-order valence-corrected chi connectivity index (χ0v) is 8.74. The summed E-state index contributed by atoms with van der Waals surface area (Å²) >= 11 is 4.05. The van der Waals surface area contributed by atoms with Crippen LogP contribution in [0.2, 0.25) is 0 Å². The summed E-state index contributed by atoms with van der Waals surface area (Å²) in [5.41, 5.74) is 0.257. The van der Waals surface area contributed by atoms with Crippen LogP contribution in [-0.4, -0.2) is 12.5 Å². The van der Waals surface area contributed by atoms with E-state index in [0.717, 1.165) is 12.1 Å². The van der Waals surface area contributed by atoms with Gasteiger partial charge in [0.15, 0.2) is 11.6 Å². The Balaban J connectivity index is 3.11. The Morgan fingerprint density at radius 1 is 1.43 bits per heavy atom. The van der Waals surface area contributed by atoms with Gasteiger partial charge >= 0.3 is 0 Å². The first-order valence-electron chi connectivity index (χ1n) is 4.02. The Kier molecular flexibility index (Phi) is 3.57. The maximum atomic E-state index is 13.1. The fourth-order valence-electron chi connectivity index (χ4n) is 1.10. The maximum Gasteiger partial charge on any atom is 0.177 e. The molecule has 0 fully saturated rings. The van der Waals surface area contributed by atoms with Crippen LogP contribution < -0.4 is 10.1 Å². The van der Waals surface area contributed by atoms with Crippen molar-refractivity contribution < 1.29 is 13.5 Å². The van der Waals surface area contributed by atoms with Crippen LogP contribution in [-0.2, 0) is 0 Å². The molecule has 1 aromatic carbocycles. The molecule has 14 heavy (non-hydrogen) atoms. The van der Waals surface area contributed by atoms with Gasteiger partial charge in [-0.2, -0.15) is 12.6 Å². The van der Waals surface area contributed by atoms with Crippen LogP contribution in [0.4, 0.5) is 14.5 Å². The highest BCUT2D eigenvalue weighted by molar-refractivity contribution is 7.81. The second kappa shape index (κ2) is 4.50. The minimum absolute atomic E-state index is 0.00713. The molecule has 0 saturated carbocycles. The summed E-state index contributed by atoms with van der Waals surface area (Å²) in [6.07, 6.45) is 0. The van der Waals surface area contributed by atoms with E-state index in [1.165, 1.54) is 7.11 Å². The third-order valence-corrected chi connectivity index (χ3v) is 1.71. The highest BCUT2D eigenvalue weighted by Crippen LogP contribution is 2.29. The Morgan fingerprint density at radius 3 is 2.57 bits per heavy atom. The van der Waals surface area contributed by atoms with Gasteiger partial charge in [-0.15, -0.1) is 0 Å². The molecule has 0 amide bonds. The lowest BCUT2D eigenvalue weighted by molar-refractivity contribution is 0.386. The molecule has 0 bridgehead atoms. The van der Waals surface area contributed by atoms with Gasteiger partial charge in [0.2, 0.25) is 0 Å². The number of halogens is 2. The average molecular weight is 219 g/mol. The summed E-state index contributed by atoms with van der Waals surface area (Å²) in [6, 6.07) is 1.93. The number of benzene rings is 1. The molecular formula is C9H11F2NOS. The van der Waals surface area contributed by atoms with Crippen molar-refractivity contribution >= 4 is 18.3 Å². The number of hydrogen-bond acceptors (Lipinski definition) is 3. The number of thiol groups is 1. The van der Waals surface area contributed by atoms with Crippen LogP contribution in [0.25, 0.3) is 0 Å². The van der Waals surface area contributed by atoms with Gasteiger partial charge in [0.1, 0.15) is 5.82 Å². The number of ether oxygens (including phenoxy) is 1. The van der Waals surface area contributed by atoms with E-state index >= 15 is 0 Å². The molecule has 1 unspecified atom stereocenters. The fourth-order valence-corrected chi connectivity index (χ4v) is 1.24. The van der Waals surface area contributed by atoms with E-state index in [2.05, 4.69) is 17.9 Å². The largest absolute Gasteiger partial charge is 0.492 e. The second-order valence-corrected chi connectivity index (χ2v) is 3.56.